The van der Waals surface area contributed by atoms with E-state index in [4.69, 9.17) is 0 Å². The molecule has 0 saturated heterocycles. The predicted molar refractivity (Wildman–Crippen MR) is 60.2 cm³/mol. The summed E-state index contributed by atoms with van der Waals surface area (Å²) in [6.07, 6.45) is 1.20. The summed E-state index contributed by atoms with van der Waals surface area (Å²) >= 11 is 0. The number of carbonyl (C=O) groups is 2. The van der Waals surface area contributed by atoms with Crippen LogP contribution in [0.15, 0.2) is 12.7 Å². The average molecular weight is 212 g/mol. The van der Waals surface area contributed by atoms with Crippen LogP contribution in [-0.2, 0) is 9.59 Å². The zero-order valence-electron chi connectivity index (χ0n) is 9.83. The smallest absolute Gasteiger partial charge is 0.243 e. The molecule has 0 fully saturated rings. The Morgan fingerprint density at radius 2 is 1.67 bits per heavy atom. The van der Waals surface area contributed by atoms with Crippen LogP contribution in [0.2, 0.25) is 0 Å². The third kappa shape index (κ3) is 5.20. The van der Waals surface area contributed by atoms with E-state index in [-0.39, 0.29) is 29.8 Å². The Morgan fingerprint density at radius 1 is 1.13 bits per heavy atom. The van der Waals surface area contributed by atoms with Crippen LogP contribution in [-0.4, -0.2) is 23.9 Å². The van der Waals surface area contributed by atoms with Gasteiger partial charge in [0.15, 0.2) is 0 Å². The first-order valence-corrected chi connectivity index (χ1v) is 5.11. The molecule has 0 aliphatic rings. The third-order valence-electron chi connectivity index (χ3n) is 2.15. The standard InChI is InChI=1S/C11H20N2O2/c1-6-10(14)13-9(5)8(4)11(15)12-7(2)3/h6-9H,1H2,2-5H3,(H,12,15)(H,13,14)/t8-,9?/m0/s1. The van der Waals surface area contributed by atoms with Gasteiger partial charge >= 0.3 is 0 Å². The van der Waals surface area contributed by atoms with E-state index in [1.807, 2.05) is 13.8 Å². The Kier molecular flexibility index (Phi) is 5.67. The van der Waals surface area contributed by atoms with Crippen LogP contribution >= 0.6 is 0 Å². The van der Waals surface area contributed by atoms with Gasteiger partial charge in [0, 0.05) is 12.1 Å². The van der Waals surface area contributed by atoms with E-state index < -0.39 is 0 Å². The molecule has 1 unspecified atom stereocenters. The molecule has 0 spiro atoms. The summed E-state index contributed by atoms with van der Waals surface area (Å²) in [4.78, 5) is 22.6. The highest BCUT2D eigenvalue weighted by Gasteiger charge is 2.21. The fourth-order valence-electron chi connectivity index (χ4n) is 1.05. The summed E-state index contributed by atoms with van der Waals surface area (Å²) < 4.78 is 0. The number of nitrogens with one attached hydrogen (secondary N) is 2. The maximum absolute atomic E-state index is 11.6. The van der Waals surface area contributed by atoms with Crippen molar-refractivity contribution in [3.05, 3.63) is 12.7 Å². The first kappa shape index (κ1) is 13.7. The number of rotatable bonds is 5. The molecule has 0 rings (SSSR count). The maximum Gasteiger partial charge on any atom is 0.243 e. The summed E-state index contributed by atoms with van der Waals surface area (Å²) in [7, 11) is 0. The van der Waals surface area contributed by atoms with Gasteiger partial charge in [-0.3, -0.25) is 9.59 Å². The van der Waals surface area contributed by atoms with Crippen LogP contribution in [0.1, 0.15) is 27.7 Å². The zero-order valence-corrected chi connectivity index (χ0v) is 9.83. The van der Waals surface area contributed by atoms with Crippen molar-refractivity contribution in [1.29, 1.82) is 0 Å². The van der Waals surface area contributed by atoms with Crippen molar-refractivity contribution in [3.8, 4) is 0 Å². The number of carbonyl (C=O) groups excluding carboxylic acids is 2. The van der Waals surface area contributed by atoms with E-state index >= 15 is 0 Å². The molecule has 0 aromatic rings. The lowest BCUT2D eigenvalue weighted by Crippen LogP contribution is -2.45. The molecule has 4 heteroatoms. The molecule has 2 N–H and O–H groups in total. The van der Waals surface area contributed by atoms with Crippen LogP contribution < -0.4 is 10.6 Å². The number of hydrogen-bond donors (Lipinski definition) is 2. The normalized spacial score (nSPS) is 14.2. The second kappa shape index (κ2) is 6.22. The molecule has 4 nitrogen and oxygen atoms in total. The van der Waals surface area contributed by atoms with E-state index in [0.29, 0.717) is 0 Å². The van der Waals surface area contributed by atoms with E-state index in [1.54, 1.807) is 13.8 Å². The summed E-state index contributed by atoms with van der Waals surface area (Å²) in [5.41, 5.74) is 0. The Hall–Kier alpha value is -1.32. The van der Waals surface area contributed by atoms with Crippen molar-refractivity contribution in [2.45, 2.75) is 39.8 Å². The van der Waals surface area contributed by atoms with Crippen molar-refractivity contribution in [2.75, 3.05) is 0 Å². The summed E-state index contributed by atoms with van der Waals surface area (Å²) in [6, 6.07) is -0.0866. The monoisotopic (exact) mass is 212 g/mol. The van der Waals surface area contributed by atoms with Crippen LogP contribution in [0, 0.1) is 5.92 Å². The lowest BCUT2D eigenvalue weighted by molar-refractivity contribution is -0.126. The third-order valence-corrected chi connectivity index (χ3v) is 2.15. The Balaban J connectivity index is 4.18. The topological polar surface area (TPSA) is 58.2 Å². The lowest BCUT2D eigenvalue weighted by atomic mass is 10.0. The van der Waals surface area contributed by atoms with Gasteiger partial charge in [0.05, 0.1) is 5.92 Å². The van der Waals surface area contributed by atoms with Crippen LogP contribution in [0.3, 0.4) is 0 Å². The average Bonchev–Trinajstić information content (AvgIpc) is 2.15. The minimum atomic E-state index is -0.258. The molecule has 0 bridgehead atoms. The summed E-state index contributed by atoms with van der Waals surface area (Å²) in [6.45, 7) is 10.7. The molecule has 2 atom stereocenters. The molecular formula is C11H20N2O2. The highest BCUT2D eigenvalue weighted by Crippen LogP contribution is 2.03. The van der Waals surface area contributed by atoms with Gasteiger partial charge in [-0.2, -0.15) is 0 Å². The lowest BCUT2D eigenvalue weighted by Gasteiger charge is -2.21. The second-order valence-electron chi connectivity index (χ2n) is 3.95. The first-order valence-electron chi connectivity index (χ1n) is 5.11. The van der Waals surface area contributed by atoms with E-state index in [9.17, 15) is 9.59 Å². The van der Waals surface area contributed by atoms with E-state index in [2.05, 4.69) is 17.2 Å². The van der Waals surface area contributed by atoms with Crippen molar-refractivity contribution < 1.29 is 9.59 Å². The zero-order chi connectivity index (χ0) is 12.0. The molecule has 0 aliphatic heterocycles. The summed E-state index contributed by atoms with van der Waals surface area (Å²) in [5.74, 6) is -0.565. The van der Waals surface area contributed by atoms with Crippen molar-refractivity contribution in [3.63, 3.8) is 0 Å². The van der Waals surface area contributed by atoms with Gasteiger partial charge in [-0.15, -0.1) is 0 Å². The van der Waals surface area contributed by atoms with Crippen LogP contribution in [0.4, 0.5) is 0 Å². The van der Waals surface area contributed by atoms with Gasteiger partial charge in [0.2, 0.25) is 11.8 Å². The molecule has 2 amide bonds. The van der Waals surface area contributed by atoms with Gasteiger partial charge in [-0.25, -0.2) is 0 Å². The molecule has 0 aromatic heterocycles. The van der Waals surface area contributed by atoms with Crippen molar-refractivity contribution in [2.24, 2.45) is 5.92 Å². The Labute approximate surface area is 91.1 Å². The Morgan fingerprint density at radius 3 is 2.07 bits per heavy atom. The highest BCUT2D eigenvalue weighted by atomic mass is 16.2. The van der Waals surface area contributed by atoms with Crippen molar-refractivity contribution >= 4 is 11.8 Å². The maximum atomic E-state index is 11.6. The number of hydrogen-bond acceptors (Lipinski definition) is 2. The first-order chi connectivity index (χ1) is 6.88. The highest BCUT2D eigenvalue weighted by molar-refractivity contribution is 5.88. The largest absolute Gasteiger partial charge is 0.354 e. The van der Waals surface area contributed by atoms with E-state index in [1.165, 1.54) is 6.08 Å². The van der Waals surface area contributed by atoms with Crippen molar-refractivity contribution in [1.82, 2.24) is 10.6 Å². The van der Waals surface area contributed by atoms with Crippen LogP contribution in [0.5, 0.6) is 0 Å². The fraction of sp³-hybridized carbons (Fsp3) is 0.636. The quantitative estimate of drug-likeness (QED) is 0.663. The molecule has 15 heavy (non-hydrogen) atoms. The van der Waals surface area contributed by atoms with E-state index in [0.717, 1.165) is 0 Å². The Bertz CT molecular complexity index is 249. The molecule has 0 aromatic carbocycles. The second-order valence-corrected chi connectivity index (χ2v) is 3.95. The van der Waals surface area contributed by atoms with Gasteiger partial charge in [-0.05, 0) is 26.8 Å². The SMILES string of the molecule is C=CC(=O)NC(C)[C@H](C)C(=O)NC(C)C. The molecular weight excluding hydrogens is 192 g/mol. The predicted octanol–water partition coefficient (Wildman–Crippen LogP) is 0.838. The molecule has 0 heterocycles. The molecule has 0 saturated carbocycles. The fourth-order valence-corrected chi connectivity index (χ4v) is 1.05. The van der Waals surface area contributed by atoms with Gasteiger partial charge < -0.3 is 10.6 Å². The minimum absolute atomic E-state index is 0.0538. The molecule has 0 radical (unpaired) electrons. The molecule has 86 valence electrons. The number of amides is 2. The summed E-state index contributed by atoms with van der Waals surface area (Å²) in [5, 5.41) is 5.46. The van der Waals surface area contributed by atoms with Gasteiger partial charge in [0.1, 0.15) is 0 Å². The minimum Gasteiger partial charge on any atom is -0.354 e. The molecule has 0 aliphatic carbocycles. The van der Waals surface area contributed by atoms with Gasteiger partial charge in [-0.1, -0.05) is 13.5 Å². The van der Waals surface area contributed by atoms with Gasteiger partial charge in [0.25, 0.3) is 0 Å². The van der Waals surface area contributed by atoms with Crippen LogP contribution in [0.25, 0.3) is 0 Å².